The number of rotatable bonds is 17. The Morgan fingerprint density at radius 2 is 0.760 bits per heavy atom. The van der Waals surface area contributed by atoms with E-state index in [0.717, 1.165) is 31.5 Å². The molecule has 0 aromatic rings. The van der Waals surface area contributed by atoms with Crippen LogP contribution < -0.4 is 11.1 Å². The topological polar surface area (TPSA) is 109 Å². The monoisotopic (exact) mass is 891 g/mol. The van der Waals surface area contributed by atoms with E-state index in [9.17, 15) is 9.59 Å². The minimum Gasteiger partial charge on any atom is -0.437 e. The van der Waals surface area contributed by atoms with Crippen LogP contribution in [-0.2, 0) is 26.0 Å². The molecular weight excluding hydrogens is 795 g/mol. The van der Waals surface area contributed by atoms with Gasteiger partial charge in [-0.15, -0.1) is 23.2 Å². The Labute approximate surface area is 339 Å². The lowest BCUT2D eigenvalue weighted by atomic mass is 10.5. The van der Waals surface area contributed by atoms with Gasteiger partial charge in [0.25, 0.3) is 0 Å². The molecule has 0 aliphatic rings. The Balaban J connectivity index is -0.0000000442. The number of hydrogen-bond donors (Lipinski definition) is 2. The Bertz CT molecular complexity index is 719. The first-order valence-corrected chi connectivity index (χ1v) is 34.3. The van der Waals surface area contributed by atoms with Crippen molar-refractivity contribution >= 4 is 96.3 Å². The molecule has 0 fully saturated rings. The van der Waals surface area contributed by atoms with Gasteiger partial charge in [0, 0.05) is 6.54 Å². The molecule has 0 saturated carbocycles. The van der Waals surface area contributed by atoms with Crippen molar-refractivity contribution in [2.24, 2.45) is 5.73 Å². The number of carbonyl (C=O) groups is 2. The van der Waals surface area contributed by atoms with Crippen LogP contribution in [0.4, 0.5) is 0 Å². The minimum atomic E-state index is -2.16. The Morgan fingerprint density at radius 1 is 0.520 bits per heavy atom. The normalized spacial score (nSPS) is 10.7. The number of amides is 1. The molecule has 0 atom stereocenters. The number of hydrogen-bond acceptors (Lipinski definition) is 7. The fourth-order valence-corrected chi connectivity index (χ4v) is 29.1. The number of carbonyl (C=O) groups excluding carboxylic acids is 2. The number of alkyl halides is 2. The summed E-state index contributed by atoms with van der Waals surface area (Å²) < 4.78 is 25.4. The SMILES string of the molecule is C.C.C.C.C.C.C.C.C.C[Si](C)(C)O[Si](C)(CCCN)O[Si](C)(C)C.C[Si](C)(C)O[Si](C)(CCCNC(=O)CCl)O[Si](C)(C)C.O=C(Cl)CCl. The first-order valence-electron chi connectivity index (χ1n) is 14.2. The number of nitrogens with two attached hydrogens (primary N) is 1. The van der Waals surface area contributed by atoms with Gasteiger partial charge in [0.15, 0.2) is 33.3 Å². The highest BCUT2D eigenvalue weighted by atomic mass is 35.5. The quantitative estimate of drug-likeness (QED) is 0.0648. The molecule has 8 nitrogen and oxygen atoms in total. The zero-order valence-electron chi connectivity index (χ0n) is 28.3. The van der Waals surface area contributed by atoms with Crippen molar-refractivity contribution in [3.05, 3.63) is 0 Å². The van der Waals surface area contributed by atoms with E-state index in [0.29, 0.717) is 6.54 Å². The van der Waals surface area contributed by atoms with E-state index in [4.69, 9.17) is 57.0 Å². The van der Waals surface area contributed by atoms with Crippen molar-refractivity contribution in [3.63, 3.8) is 0 Å². The fraction of sp³-hybridized carbons (Fsp3) is 0.939. The zero-order chi connectivity index (χ0) is 33.3. The van der Waals surface area contributed by atoms with Gasteiger partial charge in [-0.1, -0.05) is 66.8 Å². The molecule has 0 unspecified atom stereocenters. The second-order valence-corrected chi connectivity index (χ2v) is 40.7. The highest BCUT2D eigenvalue weighted by Crippen LogP contribution is 2.26. The first-order chi connectivity index (χ1) is 18.1. The second-order valence-electron chi connectivity index (χ2n) is 14.1. The summed E-state index contributed by atoms with van der Waals surface area (Å²) >= 11 is 15.0. The summed E-state index contributed by atoms with van der Waals surface area (Å²) in [6.07, 6.45) is 1.89. The summed E-state index contributed by atoms with van der Waals surface area (Å²) in [6, 6.07) is 1.93. The molecule has 3 N–H and O–H groups in total. The molecule has 0 heterocycles. The van der Waals surface area contributed by atoms with Crippen LogP contribution >= 0.6 is 34.8 Å². The van der Waals surface area contributed by atoms with Gasteiger partial charge < -0.3 is 27.5 Å². The van der Waals surface area contributed by atoms with Gasteiger partial charge in [-0.05, 0) is 135 Å². The molecule has 1 amide bonds. The lowest BCUT2D eigenvalue weighted by Gasteiger charge is -2.38. The molecule has 0 aliphatic carbocycles. The van der Waals surface area contributed by atoms with E-state index in [-0.39, 0.29) is 84.5 Å². The summed E-state index contributed by atoms with van der Waals surface area (Å²) in [5.74, 6) is -0.195. The molecule has 0 spiro atoms. The summed E-state index contributed by atoms with van der Waals surface area (Å²) in [5, 5.41) is 2.29. The highest BCUT2D eigenvalue weighted by molar-refractivity contribution is 6.88. The van der Waals surface area contributed by atoms with Crippen molar-refractivity contribution in [1.29, 1.82) is 0 Å². The van der Waals surface area contributed by atoms with E-state index < -0.39 is 55.6 Å². The van der Waals surface area contributed by atoms with Crippen molar-refractivity contribution in [1.82, 2.24) is 5.32 Å². The van der Waals surface area contributed by atoms with Crippen LogP contribution in [-0.4, -0.2) is 86.4 Å². The molecular formula is C33H97Cl3N2O6Si6. The lowest BCUT2D eigenvalue weighted by molar-refractivity contribution is -0.118. The van der Waals surface area contributed by atoms with Crippen LogP contribution in [0.3, 0.4) is 0 Å². The predicted octanol–water partition coefficient (Wildman–Crippen LogP) is 13.3. The maximum atomic E-state index is 11.1. The smallest absolute Gasteiger partial charge is 0.314 e. The largest absolute Gasteiger partial charge is 0.437 e. The molecule has 0 bridgehead atoms. The molecule has 0 aromatic heterocycles. The maximum Gasteiger partial charge on any atom is 0.314 e. The van der Waals surface area contributed by atoms with Gasteiger partial charge >= 0.3 is 17.1 Å². The molecule has 0 aromatic carbocycles. The zero-order valence-corrected chi connectivity index (χ0v) is 36.6. The Kier molecular flexibility index (Phi) is 64.4. The average molecular weight is 893 g/mol. The third-order valence-corrected chi connectivity index (χ3v) is 24.3. The van der Waals surface area contributed by atoms with E-state index in [1.165, 1.54) is 0 Å². The van der Waals surface area contributed by atoms with Crippen LogP contribution in [0, 0.1) is 0 Å². The van der Waals surface area contributed by atoms with Gasteiger partial charge in [-0.2, -0.15) is 0 Å². The summed E-state index contributed by atoms with van der Waals surface area (Å²) in [6.45, 7) is 32.3. The van der Waals surface area contributed by atoms with Crippen LogP contribution in [0.2, 0.25) is 104 Å². The minimum absolute atomic E-state index is 0. The van der Waals surface area contributed by atoms with Crippen LogP contribution in [0.5, 0.6) is 0 Å². The van der Waals surface area contributed by atoms with Crippen LogP contribution in [0.1, 0.15) is 79.7 Å². The van der Waals surface area contributed by atoms with Gasteiger partial charge in [0.05, 0.1) is 5.88 Å². The predicted molar refractivity (Wildman–Crippen MR) is 255 cm³/mol. The number of halogens is 3. The molecule has 0 aliphatic heterocycles. The Morgan fingerprint density at radius 3 is 0.940 bits per heavy atom. The molecule has 50 heavy (non-hydrogen) atoms. The standard InChI is InChI=1S/C12H30ClNO3Si3.C10H29NO2Si3.C2H2Cl2O.9CH4/c1-18(2,3)16-20(7,17-19(4,5)6)10-8-9-14-12(15)11-13;1-14(2,3)12-16(7,10-8-9-11)13-15(4,5)6;3-1-2(4)5;;;;;;;;;/h8-11H2,1-7H3,(H,14,15);8-11H2,1-7H3;1H2;9*1H4. The van der Waals surface area contributed by atoms with Crippen LogP contribution in [0.25, 0.3) is 0 Å². The van der Waals surface area contributed by atoms with E-state index in [1.54, 1.807) is 0 Å². The van der Waals surface area contributed by atoms with Crippen molar-refractivity contribution in [3.8, 4) is 0 Å². The number of nitrogens with one attached hydrogen (secondary N) is 1. The van der Waals surface area contributed by atoms with E-state index in [1.807, 2.05) is 0 Å². The molecule has 17 heteroatoms. The van der Waals surface area contributed by atoms with Crippen LogP contribution in [0.15, 0.2) is 0 Å². The summed E-state index contributed by atoms with van der Waals surface area (Å²) in [7, 11) is -10.5. The molecule has 0 radical (unpaired) electrons. The third-order valence-electron chi connectivity index (χ3n) is 4.28. The summed E-state index contributed by atoms with van der Waals surface area (Å²) in [5.41, 5.74) is 5.60. The maximum absolute atomic E-state index is 11.1. The van der Waals surface area contributed by atoms with Gasteiger partial charge in [0.1, 0.15) is 5.88 Å². The van der Waals surface area contributed by atoms with Gasteiger partial charge in [-0.25, -0.2) is 0 Å². The van der Waals surface area contributed by atoms with Crippen molar-refractivity contribution in [2.45, 2.75) is 183 Å². The van der Waals surface area contributed by atoms with Gasteiger partial charge in [-0.3, -0.25) is 9.59 Å². The van der Waals surface area contributed by atoms with E-state index in [2.05, 4.69) is 97.0 Å². The molecule has 320 valence electrons. The third kappa shape index (κ3) is 64.1. The van der Waals surface area contributed by atoms with E-state index >= 15 is 0 Å². The lowest BCUT2D eigenvalue weighted by Crippen LogP contribution is -2.52. The summed E-state index contributed by atoms with van der Waals surface area (Å²) in [4.78, 5) is 20.6. The van der Waals surface area contributed by atoms with Crippen molar-refractivity contribution < 1.29 is 26.0 Å². The second kappa shape index (κ2) is 38.4. The molecule has 0 rings (SSSR count). The Hall–Kier alpha value is 1.11. The average Bonchev–Trinajstić information content (AvgIpc) is 2.70. The highest BCUT2D eigenvalue weighted by Gasteiger charge is 2.40. The van der Waals surface area contributed by atoms with Crippen molar-refractivity contribution in [2.75, 3.05) is 24.8 Å². The fourth-order valence-electron chi connectivity index (χ4n) is 3.94. The molecule has 0 saturated heterocycles. The first kappa shape index (κ1) is 83.9. The van der Waals surface area contributed by atoms with Gasteiger partial charge in [0.2, 0.25) is 11.1 Å².